The van der Waals surface area contributed by atoms with Gasteiger partial charge in [0.25, 0.3) is 5.91 Å². The number of amides is 2. The molecule has 2 aromatic rings. The minimum atomic E-state index is -0.725. The van der Waals surface area contributed by atoms with Crippen molar-refractivity contribution in [2.45, 2.75) is 19.5 Å². The molecule has 2 aromatic carbocycles. The zero-order chi connectivity index (χ0) is 22.3. The molecule has 9 nitrogen and oxygen atoms in total. The summed E-state index contributed by atoms with van der Waals surface area (Å²) in [6.45, 7) is 1.49. The zero-order valence-electron chi connectivity index (χ0n) is 16.8. The third-order valence-corrected chi connectivity index (χ3v) is 4.86. The number of hydrogen-bond acceptors (Lipinski definition) is 6. The van der Waals surface area contributed by atoms with Crippen molar-refractivity contribution in [3.8, 4) is 11.5 Å². The Morgan fingerprint density at radius 1 is 1.27 bits per heavy atom. The van der Waals surface area contributed by atoms with Gasteiger partial charge in [-0.15, -0.1) is 0 Å². The van der Waals surface area contributed by atoms with E-state index < -0.39 is 16.9 Å². The number of nitro groups is 1. The maximum atomic E-state index is 12.9. The van der Waals surface area contributed by atoms with E-state index in [1.807, 2.05) is 24.3 Å². The SMILES string of the molecule is CNC(=O)[C@@H](C)N(Cc1cccc(Br)c1)C(=O)COc1ccc([N+](=O)[O-])c(OC)c1. The number of likely N-dealkylation sites (N-methyl/N-ethyl adjacent to an activating group) is 1. The van der Waals surface area contributed by atoms with Gasteiger partial charge in [0, 0.05) is 30.2 Å². The Morgan fingerprint density at radius 3 is 2.60 bits per heavy atom. The van der Waals surface area contributed by atoms with E-state index in [2.05, 4.69) is 21.2 Å². The van der Waals surface area contributed by atoms with Crippen LogP contribution in [0.5, 0.6) is 11.5 Å². The molecule has 10 heteroatoms. The van der Waals surface area contributed by atoms with Gasteiger partial charge in [-0.2, -0.15) is 0 Å². The highest BCUT2D eigenvalue weighted by Crippen LogP contribution is 2.30. The molecule has 160 valence electrons. The van der Waals surface area contributed by atoms with Crippen molar-refractivity contribution < 1.29 is 24.0 Å². The first-order chi connectivity index (χ1) is 14.3. The second kappa shape index (κ2) is 10.6. The molecule has 2 amide bonds. The van der Waals surface area contributed by atoms with Crippen molar-refractivity contribution in [2.75, 3.05) is 20.8 Å². The predicted molar refractivity (Wildman–Crippen MR) is 113 cm³/mol. The number of hydrogen-bond donors (Lipinski definition) is 1. The fourth-order valence-corrected chi connectivity index (χ4v) is 3.20. The van der Waals surface area contributed by atoms with E-state index in [4.69, 9.17) is 9.47 Å². The van der Waals surface area contributed by atoms with Crippen molar-refractivity contribution in [3.05, 3.63) is 62.6 Å². The molecule has 0 saturated carbocycles. The number of nitrogens with zero attached hydrogens (tertiary/aromatic N) is 2. The fourth-order valence-electron chi connectivity index (χ4n) is 2.75. The van der Waals surface area contributed by atoms with Crippen LogP contribution in [0.25, 0.3) is 0 Å². The van der Waals surface area contributed by atoms with Gasteiger partial charge in [-0.25, -0.2) is 0 Å². The first kappa shape index (κ1) is 23.1. The molecule has 0 radical (unpaired) electrons. The van der Waals surface area contributed by atoms with Crippen LogP contribution in [0.4, 0.5) is 5.69 Å². The number of ether oxygens (including phenoxy) is 2. The molecule has 0 aliphatic heterocycles. The smallest absolute Gasteiger partial charge is 0.311 e. The lowest BCUT2D eigenvalue weighted by Gasteiger charge is -2.28. The van der Waals surface area contributed by atoms with Gasteiger partial charge in [-0.3, -0.25) is 19.7 Å². The molecule has 0 aliphatic carbocycles. The van der Waals surface area contributed by atoms with Crippen molar-refractivity contribution in [1.29, 1.82) is 0 Å². The molecule has 0 fully saturated rings. The Bertz CT molecular complexity index is 937. The van der Waals surface area contributed by atoms with Gasteiger partial charge in [0.2, 0.25) is 11.7 Å². The average Bonchev–Trinajstić information content (AvgIpc) is 2.74. The number of benzene rings is 2. The molecule has 1 atom stereocenters. The third kappa shape index (κ3) is 5.93. The number of rotatable bonds is 9. The van der Waals surface area contributed by atoms with E-state index in [1.54, 1.807) is 6.92 Å². The van der Waals surface area contributed by atoms with Crippen LogP contribution in [0.15, 0.2) is 46.9 Å². The second-order valence-corrected chi connectivity index (χ2v) is 7.24. The molecule has 0 unspecified atom stereocenters. The van der Waals surface area contributed by atoms with E-state index in [1.165, 1.54) is 37.3 Å². The van der Waals surface area contributed by atoms with Gasteiger partial charge in [-0.05, 0) is 30.7 Å². The van der Waals surface area contributed by atoms with E-state index in [-0.39, 0.29) is 36.2 Å². The monoisotopic (exact) mass is 479 g/mol. The third-order valence-electron chi connectivity index (χ3n) is 4.37. The second-order valence-electron chi connectivity index (χ2n) is 6.32. The van der Waals surface area contributed by atoms with Gasteiger partial charge in [0.1, 0.15) is 11.8 Å². The van der Waals surface area contributed by atoms with Crippen molar-refractivity contribution in [2.24, 2.45) is 0 Å². The lowest BCUT2D eigenvalue weighted by molar-refractivity contribution is -0.385. The highest BCUT2D eigenvalue weighted by molar-refractivity contribution is 9.10. The molecular weight excluding hydrogens is 458 g/mol. The van der Waals surface area contributed by atoms with Gasteiger partial charge >= 0.3 is 5.69 Å². The molecule has 0 saturated heterocycles. The number of nitro benzene ring substituents is 1. The quantitative estimate of drug-likeness (QED) is 0.437. The highest BCUT2D eigenvalue weighted by Gasteiger charge is 2.26. The van der Waals surface area contributed by atoms with Crippen molar-refractivity contribution >= 4 is 33.4 Å². The van der Waals surface area contributed by atoms with Crippen LogP contribution < -0.4 is 14.8 Å². The summed E-state index contributed by atoms with van der Waals surface area (Å²) in [5, 5.41) is 13.5. The van der Waals surface area contributed by atoms with Gasteiger partial charge in [-0.1, -0.05) is 28.1 Å². The molecule has 0 bridgehead atoms. The topological polar surface area (TPSA) is 111 Å². The number of halogens is 1. The zero-order valence-corrected chi connectivity index (χ0v) is 18.3. The molecule has 0 aromatic heterocycles. The predicted octanol–water partition coefficient (Wildman–Crippen LogP) is 2.91. The van der Waals surface area contributed by atoms with Crippen molar-refractivity contribution in [1.82, 2.24) is 10.2 Å². The van der Waals surface area contributed by atoms with Gasteiger partial charge in [0.05, 0.1) is 12.0 Å². The minimum Gasteiger partial charge on any atom is -0.490 e. The average molecular weight is 480 g/mol. The minimum absolute atomic E-state index is 0.0228. The Kier molecular flexibility index (Phi) is 8.16. The summed E-state index contributed by atoms with van der Waals surface area (Å²) in [5.41, 5.74) is 0.631. The highest BCUT2D eigenvalue weighted by atomic mass is 79.9. The first-order valence-electron chi connectivity index (χ1n) is 8.97. The van der Waals surface area contributed by atoms with E-state index in [0.717, 1.165) is 10.0 Å². The Balaban J connectivity index is 2.17. The van der Waals surface area contributed by atoms with E-state index in [0.29, 0.717) is 0 Å². The lowest BCUT2D eigenvalue weighted by atomic mass is 10.1. The standard InChI is InChI=1S/C20H22BrN3O6/c1-13(20(26)22-2)23(11-14-5-4-6-15(21)9-14)19(25)12-30-16-7-8-17(24(27)28)18(10-16)29-3/h4-10,13H,11-12H2,1-3H3,(H,22,26)/t13-/m1/s1. The molecule has 0 heterocycles. The Morgan fingerprint density at radius 2 is 2.00 bits per heavy atom. The van der Waals surface area contributed by atoms with Gasteiger partial charge < -0.3 is 19.7 Å². The van der Waals surface area contributed by atoms with Crippen LogP contribution in [-0.2, 0) is 16.1 Å². The normalized spacial score (nSPS) is 11.3. The number of methoxy groups -OCH3 is 1. The first-order valence-corrected chi connectivity index (χ1v) is 9.76. The van der Waals surface area contributed by atoms with Crippen LogP contribution in [0.3, 0.4) is 0 Å². The fraction of sp³-hybridized carbons (Fsp3) is 0.300. The number of nitrogens with one attached hydrogen (secondary N) is 1. The van der Waals surface area contributed by atoms with Crippen LogP contribution in [0.1, 0.15) is 12.5 Å². The molecular formula is C20H22BrN3O6. The summed E-state index contributed by atoms with van der Waals surface area (Å²) < 4.78 is 11.4. The number of carbonyl (C=O) groups is 2. The summed E-state index contributed by atoms with van der Waals surface area (Å²) in [6.07, 6.45) is 0. The van der Waals surface area contributed by atoms with Crippen molar-refractivity contribution in [3.63, 3.8) is 0 Å². The van der Waals surface area contributed by atoms with Crippen LogP contribution in [0.2, 0.25) is 0 Å². The lowest BCUT2D eigenvalue weighted by Crippen LogP contribution is -2.48. The summed E-state index contributed by atoms with van der Waals surface area (Å²) >= 11 is 3.39. The number of carbonyl (C=O) groups excluding carboxylic acids is 2. The summed E-state index contributed by atoms with van der Waals surface area (Å²) in [5.74, 6) is -0.464. The van der Waals surface area contributed by atoms with E-state index in [9.17, 15) is 19.7 Å². The van der Waals surface area contributed by atoms with Crippen LogP contribution in [-0.4, -0.2) is 48.4 Å². The molecule has 2 rings (SSSR count). The maximum absolute atomic E-state index is 12.9. The maximum Gasteiger partial charge on any atom is 0.311 e. The molecule has 0 spiro atoms. The van der Waals surface area contributed by atoms with Gasteiger partial charge in [0.15, 0.2) is 6.61 Å². The summed E-state index contributed by atoms with van der Waals surface area (Å²) in [7, 11) is 2.81. The summed E-state index contributed by atoms with van der Waals surface area (Å²) in [6, 6.07) is 10.7. The molecule has 0 aliphatic rings. The van der Waals surface area contributed by atoms with Crippen LogP contribution >= 0.6 is 15.9 Å². The largest absolute Gasteiger partial charge is 0.490 e. The molecule has 1 N–H and O–H groups in total. The van der Waals surface area contributed by atoms with Crippen LogP contribution in [0, 0.1) is 10.1 Å². The van der Waals surface area contributed by atoms with E-state index >= 15 is 0 Å². The molecule has 30 heavy (non-hydrogen) atoms. The Labute approximate surface area is 182 Å². The Hall–Kier alpha value is -3.14. The summed E-state index contributed by atoms with van der Waals surface area (Å²) in [4.78, 5) is 36.8.